The molecule has 1 saturated heterocycles. The number of Topliss-reactive ketones (excluding diaryl/α,β-unsaturated/α-hetero) is 1. The summed E-state index contributed by atoms with van der Waals surface area (Å²) in [4.78, 5) is 40.5. The first kappa shape index (κ1) is 32.0. The van der Waals surface area contributed by atoms with Crippen molar-refractivity contribution < 1.29 is 23.8 Å². The number of nitrogens with one attached hydrogen (secondary N) is 1. The lowest BCUT2D eigenvalue weighted by molar-refractivity contribution is -0.129. The number of nitrogens with zero attached hydrogens (tertiary/aromatic N) is 5. The fraction of sp³-hybridized carbons (Fsp3) is 0.543. The maximum absolute atomic E-state index is 13.4. The van der Waals surface area contributed by atoms with Crippen molar-refractivity contribution >= 4 is 23.3 Å². The van der Waals surface area contributed by atoms with Gasteiger partial charge in [0.15, 0.2) is 17.9 Å². The minimum absolute atomic E-state index is 0.00870. The molecule has 1 atom stereocenters. The van der Waals surface area contributed by atoms with Crippen molar-refractivity contribution in [3.05, 3.63) is 64.4 Å². The second kappa shape index (κ2) is 14.2. The van der Waals surface area contributed by atoms with Crippen LogP contribution in [0.5, 0.6) is 5.75 Å². The molecule has 2 N–H and O–H groups in total. The molecule has 1 aromatic carbocycles. The van der Waals surface area contributed by atoms with Gasteiger partial charge in [-0.15, -0.1) is 0 Å². The van der Waals surface area contributed by atoms with Crippen LogP contribution in [0, 0.1) is 13.8 Å². The molecule has 2 fully saturated rings. The van der Waals surface area contributed by atoms with Crippen LogP contribution in [0.1, 0.15) is 77.5 Å². The predicted molar refractivity (Wildman–Crippen MR) is 175 cm³/mol. The molecule has 11 nitrogen and oxygen atoms in total. The molecule has 246 valence electrons. The number of anilines is 2. The van der Waals surface area contributed by atoms with Gasteiger partial charge in [0.1, 0.15) is 24.0 Å². The van der Waals surface area contributed by atoms with Gasteiger partial charge in [-0.1, -0.05) is 6.07 Å². The Morgan fingerprint density at radius 3 is 2.63 bits per heavy atom. The Morgan fingerprint density at radius 2 is 1.93 bits per heavy atom. The molecule has 0 radical (unpaired) electrons. The first-order chi connectivity index (χ1) is 22.2. The topological polar surface area (TPSA) is 124 Å². The molecule has 46 heavy (non-hydrogen) atoms. The first-order valence-corrected chi connectivity index (χ1v) is 16.6. The normalized spacial score (nSPS) is 17.7. The van der Waals surface area contributed by atoms with Crippen LogP contribution in [0.25, 0.3) is 0 Å². The third-order valence-corrected chi connectivity index (χ3v) is 9.73. The number of ether oxygens (including phenoxy) is 1. The molecule has 2 aromatic heterocycles. The third kappa shape index (κ3) is 7.53. The van der Waals surface area contributed by atoms with Crippen LogP contribution in [0.3, 0.4) is 0 Å². The summed E-state index contributed by atoms with van der Waals surface area (Å²) in [6.45, 7) is 10.7. The van der Waals surface area contributed by atoms with E-state index in [9.17, 15) is 14.7 Å². The highest BCUT2D eigenvalue weighted by Crippen LogP contribution is 2.31. The van der Waals surface area contributed by atoms with Crippen molar-refractivity contribution in [3.8, 4) is 5.75 Å². The third-order valence-electron chi connectivity index (χ3n) is 9.73. The quantitative estimate of drug-likeness (QED) is 0.280. The number of pyridine rings is 1. The lowest BCUT2D eigenvalue weighted by Crippen LogP contribution is -2.48. The van der Waals surface area contributed by atoms with Gasteiger partial charge in [0.2, 0.25) is 5.91 Å². The molecular weight excluding hydrogens is 584 g/mol. The Kier molecular flexibility index (Phi) is 9.89. The van der Waals surface area contributed by atoms with Gasteiger partial charge < -0.3 is 29.4 Å². The van der Waals surface area contributed by atoms with E-state index in [2.05, 4.69) is 33.1 Å². The zero-order valence-electron chi connectivity index (χ0n) is 27.3. The zero-order chi connectivity index (χ0) is 32.2. The zero-order valence-corrected chi connectivity index (χ0v) is 27.3. The largest absolute Gasteiger partial charge is 0.485 e. The van der Waals surface area contributed by atoms with E-state index in [4.69, 9.17) is 14.1 Å². The molecule has 1 aliphatic carbocycles. The number of ketones is 1. The van der Waals surface area contributed by atoms with Crippen LogP contribution < -0.4 is 15.0 Å². The summed E-state index contributed by atoms with van der Waals surface area (Å²) in [7, 11) is 0. The highest BCUT2D eigenvalue weighted by molar-refractivity contribution is 5.97. The van der Waals surface area contributed by atoms with Crippen molar-refractivity contribution in [2.75, 3.05) is 49.5 Å². The van der Waals surface area contributed by atoms with Gasteiger partial charge in [-0.05, 0) is 80.8 Å². The number of piperazine rings is 1. The smallest absolute Gasteiger partial charge is 0.219 e. The highest BCUT2D eigenvalue weighted by Gasteiger charge is 2.25. The van der Waals surface area contributed by atoms with E-state index in [-0.39, 0.29) is 18.1 Å². The molecule has 2 aliphatic heterocycles. The number of hydrogen-bond acceptors (Lipinski definition) is 10. The van der Waals surface area contributed by atoms with Gasteiger partial charge in [0.25, 0.3) is 0 Å². The summed E-state index contributed by atoms with van der Waals surface area (Å²) in [6.07, 6.45) is 5.80. The number of hydrogen-bond donors (Lipinski definition) is 2. The minimum atomic E-state index is -0.604. The summed E-state index contributed by atoms with van der Waals surface area (Å²) < 4.78 is 11.5. The Morgan fingerprint density at radius 1 is 1.13 bits per heavy atom. The molecule has 0 bridgehead atoms. The molecule has 0 unspecified atom stereocenters. The van der Waals surface area contributed by atoms with E-state index in [1.165, 1.54) is 23.9 Å². The average molecular weight is 631 g/mol. The van der Waals surface area contributed by atoms with Crippen molar-refractivity contribution in [2.45, 2.75) is 84.6 Å². The monoisotopic (exact) mass is 630 g/mol. The first-order valence-electron chi connectivity index (χ1n) is 16.6. The standard InChI is InChI=1S/C35H46N6O5/c1-23-30-11-12-39(19-26(30)7-10-32(23)45-21-33-24(2)36-22-46-33)20-29(43)8-9-31(44)27-17-34(37-28-5-4-6-28)38-35(18-27)41-15-13-40(14-16-41)25(3)42/h7,10,17-18,22,28-29,43H,4-6,8-9,11-16,19-21H2,1-3H3,(H,37,38)/t29-/m0/s1. The Bertz CT molecular complexity index is 1540. The van der Waals surface area contributed by atoms with Gasteiger partial charge in [0, 0.05) is 70.8 Å². The van der Waals surface area contributed by atoms with Crippen molar-refractivity contribution in [1.29, 1.82) is 0 Å². The number of carbonyl (C=O) groups excluding carboxylic acids is 2. The molecule has 6 rings (SSSR count). The molecule has 4 heterocycles. The number of amides is 1. The predicted octanol–water partition coefficient (Wildman–Crippen LogP) is 4.28. The molecule has 1 amide bonds. The minimum Gasteiger partial charge on any atom is -0.485 e. The second-order valence-corrected chi connectivity index (χ2v) is 12.9. The number of rotatable bonds is 12. The van der Waals surface area contributed by atoms with Gasteiger partial charge in [-0.2, -0.15) is 0 Å². The number of aliphatic hydroxyl groups is 1. The van der Waals surface area contributed by atoms with Crippen molar-refractivity contribution in [2.24, 2.45) is 0 Å². The molecule has 0 spiro atoms. The number of carbonyl (C=O) groups is 2. The van der Waals surface area contributed by atoms with E-state index >= 15 is 0 Å². The van der Waals surface area contributed by atoms with E-state index in [1.54, 1.807) is 6.92 Å². The number of benzene rings is 1. The van der Waals surface area contributed by atoms with Gasteiger partial charge in [-0.3, -0.25) is 14.5 Å². The maximum Gasteiger partial charge on any atom is 0.219 e. The van der Waals surface area contributed by atoms with Gasteiger partial charge >= 0.3 is 0 Å². The molecule has 1 saturated carbocycles. The van der Waals surface area contributed by atoms with Crippen LogP contribution >= 0.6 is 0 Å². The number of oxazole rings is 1. The second-order valence-electron chi connectivity index (χ2n) is 12.9. The fourth-order valence-electron chi connectivity index (χ4n) is 6.55. The van der Waals surface area contributed by atoms with E-state index < -0.39 is 6.10 Å². The SMILES string of the molecule is CC(=O)N1CCN(c2cc(C(=O)CC[C@H](O)CN3CCc4c(ccc(OCc5ocnc5C)c4C)C3)cc(NC3CCC3)n2)CC1. The lowest BCUT2D eigenvalue weighted by atomic mass is 9.93. The Balaban J connectivity index is 1.03. The maximum atomic E-state index is 13.4. The van der Waals surface area contributed by atoms with Crippen LogP contribution in [0.15, 0.2) is 35.1 Å². The summed E-state index contributed by atoms with van der Waals surface area (Å²) in [5.74, 6) is 3.17. The number of fused-ring (bicyclic) bond motifs is 1. The van der Waals surface area contributed by atoms with Crippen LogP contribution in [-0.4, -0.2) is 88.0 Å². The van der Waals surface area contributed by atoms with E-state index in [1.807, 2.05) is 30.0 Å². The summed E-state index contributed by atoms with van der Waals surface area (Å²) >= 11 is 0. The number of aromatic nitrogens is 2. The van der Waals surface area contributed by atoms with Gasteiger partial charge in [0.05, 0.1) is 11.8 Å². The summed E-state index contributed by atoms with van der Waals surface area (Å²) in [5, 5.41) is 14.5. The number of aryl methyl sites for hydroxylation is 1. The Labute approximate surface area is 270 Å². The summed E-state index contributed by atoms with van der Waals surface area (Å²) in [6, 6.07) is 8.25. The van der Waals surface area contributed by atoms with E-state index in [0.717, 1.165) is 66.8 Å². The molecule has 3 aliphatic rings. The lowest BCUT2D eigenvalue weighted by Gasteiger charge is -2.35. The molecule has 11 heteroatoms. The van der Waals surface area contributed by atoms with Crippen molar-refractivity contribution in [1.82, 2.24) is 19.8 Å². The average Bonchev–Trinajstić information content (AvgIpc) is 3.45. The number of β-amino-alcohol motifs (C(OH)–C–C–N with tert-alkyl or cyclic N) is 1. The summed E-state index contributed by atoms with van der Waals surface area (Å²) in [5.41, 5.74) is 5.14. The van der Waals surface area contributed by atoms with E-state index in [0.29, 0.717) is 57.4 Å². The van der Waals surface area contributed by atoms with Gasteiger partial charge in [-0.25, -0.2) is 9.97 Å². The van der Waals surface area contributed by atoms with Crippen LogP contribution in [-0.2, 0) is 24.4 Å². The molecule has 3 aromatic rings. The van der Waals surface area contributed by atoms with Crippen LogP contribution in [0.2, 0.25) is 0 Å². The van der Waals surface area contributed by atoms with Crippen LogP contribution in [0.4, 0.5) is 11.6 Å². The Hall–Kier alpha value is -3.96. The fourth-order valence-corrected chi connectivity index (χ4v) is 6.55. The number of aliphatic hydroxyl groups excluding tert-OH is 1. The highest BCUT2D eigenvalue weighted by atomic mass is 16.5. The molecular formula is C35H46N6O5. The van der Waals surface area contributed by atoms with Crippen molar-refractivity contribution in [3.63, 3.8) is 0 Å².